The molecule has 108 valence electrons. The number of carbonyl (C=O) groups excluding carboxylic acids is 1. The van der Waals surface area contributed by atoms with Gasteiger partial charge in [0.05, 0.1) is 21.8 Å². The van der Waals surface area contributed by atoms with Crippen LogP contribution >= 0.6 is 23.2 Å². The fourth-order valence-corrected chi connectivity index (χ4v) is 2.41. The number of likely N-dealkylation sites (tertiary alicyclic amines) is 1. The Labute approximate surface area is 124 Å². The van der Waals surface area contributed by atoms with E-state index in [-0.39, 0.29) is 28.7 Å². The average molecular weight is 319 g/mol. The molecule has 2 atom stereocenters. The first kappa shape index (κ1) is 14.9. The van der Waals surface area contributed by atoms with E-state index in [0.717, 1.165) is 4.90 Å². The van der Waals surface area contributed by atoms with Gasteiger partial charge in [-0.25, -0.2) is 9.59 Å². The number of carboxylic acids is 1. The van der Waals surface area contributed by atoms with Crippen LogP contribution in [0.5, 0.6) is 0 Å². The zero-order chi connectivity index (χ0) is 14.9. The van der Waals surface area contributed by atoms with E-state index in [9.17, 15) is 14.7 Å². The first-order valence-electron chi connectivity index (χ1n) is 5.82. The minimum absolute atomic E-state index is 0.00598. The Morgan fingerprint density at radius 2 is 2.05 bits per heavy atom. The van der Waals surface area contributed by atoms with E-state index in [2.05, 4.69) is 5.32 Å². The summed E-state index contributed by atoms with van der Waals surface area (Å²) in [5.41, 5.74) is 0.287. The number of aliphatic hydroxyl groups is 1. The topological polar surface area (TPSA) is 89.9 Å². The number of nitrogens with zero attached hydrogens (tertiary/aromatic N) is 1. The normalized spacial score (nSPS) is 21.9. The molecule has 0 spiro atoms. The molecule has 1 fully saturated rings. The number of amides is 2. The molecule has 0 radical (unpaired) electrons. The molecule has 1 aromatic rings. The van der Waals surface area contributed by atoms with Gasteiger partial charge in [0.2, 0.25) is 0 Å². The van der Waals surface area contributed by atoms with Crippen LogP contribution in [0.1, 0.15) is 6.42 Å². The van der Waals surface area contributed by atoms with Gasteiger partial charge < -0.3 is 20.4 Å². The van der Waals surface area contributed by atoms with Gasteiger partial charge in [-0.3, -0.25) is 0 Å². The Balaban J connectivity index is 2.15. The van der Waals surface area contributed by atoms with Gasteiger partial charge in [0, 0.05) is 13.0 Å². The highest BCUT2D eigenvalue weighted by atomic mass is 35.5. The second-order valence-electron chi connectivity index (χ2n) is 4.43. The molecular weight excluding hydrogens is 307 g/mol. The minimum atomic E-state index is -1.16. The smallest absolute Gasteiger partial charge is 0.326 e. The van der Waals surface area contributed by atoms with Gasteiger partial charge in [-0.2, -0.15) is 0 Å². The van der Waals surface area contributed by atoms with Crippen molar-refractivity contribution in [1.29, 1.82) is 0 Å². The zero-order valence-corrected chi connectivity index (χ0v) is 11.7. The van der Waals surface area contributed by atoms with Gasteiger partial charge in [-0.05, 0) is 12.1 Å². The van der Waals surface area contributed by atoms with Gasteiger partial charge in [0.1, 0.15) is 6.04 Å². The first-order chi connectivity index (χ1) is 9.40. The molecule has 2 unspecified atom stereocenters. The summed E-state index contributed by atoms with van der Waals surface area (Å²) in [5.74, 6) is -1.16. The lowest BCUT2D eigenvalue weighted by Gasteiger charge is -2.22. The Morgan fingerprint density at radius 3 is 2.70 bits per heavy atom. The molecule has 3 N–H and O–H groups in total. The summed E-state index contributed by atoms with van der Waals surface area (Å²) in [6.45, 7) is -0.0407. The molecule has 20 heavy (non-hydrogen) atoms. The number of hydrogen-bond acceptors (Lipinski definition) is 3. The summed E-state index contributed by atoms with van der Waals surface area (Å²) in [6.07, 6.45) is -0.844. The maximum absolute atomic E-state index is 12.1. The number of aliphatic carboxylic acids is 1. The summed E-state index contributed by atoms with van der Waals surface area (Å²) >= 11 is 11.8. The van der Waals surface area contributed by atoms with Gasteiger partial charge >= 0.3 is 12.0 Å². The Hall–Kier alpha value is -1.50. The third-order valence-corrected chi connectivity index (χ3v) is 3.84. The SMILES string of the molecule is O=C(O)C1CC(O)CN1C(=O)Nc1cccc(Cl)c1Cl. The predicted molar refractivity (Wildman–Crippen MR) is 74.2 cm³/mol. The van der Waals surface area contributed by atoms with Gasteiger partial charge in [-0.15, -0.1) is 0 Å². The van der Waals surface area contributed by atoms with Crippen molar-refractivity contribution in [3.8, 4) is 0 Å². The van der Waals surface area contributed by atoms with Crippen LogP contribution in [0.3, 0.4) is 0 Å². The lowest BCUT2D eigenvalue weighted by Crippen LogP contribution is -2.43. The molecule has 2 rings (SSSR count). The number of β-amino-alcohol motifs (C(OH)–C–C–N with tert-alkyl or cyclic N) is 1. The van der Waals surface area contributed by atoms with E-state index in [1.54, 1.807) is 18.2 Å². The standard InChI is InChI=1S/C12H12Cl2N2O4/c13-7-2-1-3-8(10(7)14)15-12(20)16-5-6(17)4-9(16)11(18)19/h1-3,6,9,17H,4-5H2,(H,15,20)(H,18,19). The Bertz CT molecular complexity index is 552. The number of carboxylic acid groups (broad SMARTS) is 1. The van der Waals surface area contributed by atoms with Crippen molar-refractivity contribution in [3.63, 3.8) is 0 Å². The monoisotopic (exact) mass is 318 g/mol. The number of aliphatic hydroxyl groups excluding tert-OH is 1. The number of nitrogens with one attached hydrogen (secondary N) is 1. The number of rotatable bonds is 2. The third kappa shape index (κ3) is 2.98. The Kier molecular flexibility index (Phi) is 4.37. The zero-order valence-electron chi connectivity index (χ0n) is 10.2. The molecule has 0 saturated carbocycles. The molecular formula is C12H12Cl2N2O4. The summed E-state index contributed by atoms with van der Waals surface area (Å²) in [6, 6.07) is 3.03. The molecule has 0 bridgehead atoms. The number of benzene rings is 1. The van der Waals surface area contributed by atoms with Crippen LogP contribution in [0, 0.1) is 0 Å². The maximum atomic E-state index is 12.1. The van der Waals surface area contributed by atoms with Crippen molar-refractivity contribution in [2.45, 2.75) is 18.6 Å². The molecule has 0 aromatic heterocycles. The van der Waals surface area contributed by atoms with Crippen molar-refractivity contribution in [2.75, 3.05) is 11.9 Å². The number of anilines is 1. The highest BCUT2D eigenvalue weighted by Crippen LogP contribution is 2.30. The van der Waals surface area contributed by atoms with Crippen molar-refractivity contribution >= 4 is 40.9 Å². The van der Waals surface area contributed by atoms with Gasteiger partial charge in [0.25, 0.3) is 0 Å². The molecule has 1 aromatic carbocycles. The predicted octanol–water partition coefficient (Wildman–Crippen LogP) is 2.05. The molecule has 1 aliphatic heterocycles. The first-order valence-corrected chi connectivity index (χ1v) is 6.58. The van der Waals surface area contributed by atoms with Crippen molar-refractivity contribution in [1.82, 2.24) is 4.90 Å². The quantitative estimate of drug-likeness (QED) is 0.778. The molecule has 1 heterocycles. The van der Waals surface area contributed by atoms with E-state index in [1.165, 1.54) is 0 Å². The lowest BCUT2D eigenvalue weighted by atomic mass is 10.2. The van der Waals surface area contributed by atoms with Gasteiger partial charge in [-0.1, -0.05) is 29.3 Å². The molecule has 6 nitrogen and oxygen atoms in total. The van der Waals surface area contributed by atoms with E-state index >= 15 is 0 Å². The van der Waals surface area contributed by atoms with Crippen LogP contribution in [0.25, 0.3) is 0 Å². The largest absolute Gasteiger partial charge is 0.480 e. The lowest BCUT2D eigenvalue weighted by molar-refractivity contribution is -0.141. The second kappa shape index (κ2) is 5.87. The molecule has 1 saturated heterocycles. The van der Waals surface area contributed by atoms with Crippen molar-refractivity contribution in [2.24, 2.45) is 0 Å². The number of halogens is 2. The van der Waals surface area contributed by atoms with Crippen LogP contribution in [0.2, 0.25) is 10.0 Å². The maximum Gasteiger partial charge on any atom is 0.326 e. The molecule has 8 heteroatoms. The number of carbonyl (C=O) groups is 2. The average Bonchev–Trinajstić information content (AvgIpc) is 2.77. The van der Waals surface area contributed by atoms with Gasteiger partial charge in [0.15, 0.2) is 0 Å². The number of hydrogen-bond donors (Lipinski definition) is 3. The third-order valence-electron chi connectivity index (χ3n) is 3.02. The fourth-order valence-electron chi connectivity index (χ4n) is 2.06. The van der Waals surface area contributed by atoms with Crippen LogP contribution in [-0.4, -0.2) is 45.8 Å². The molecule has 1 aliphatic rings. The summed E-state index contributed by atoms with van der Waals surface area (Å²) in [7, 11) is 0. The van der Waals surface area contributed by atoms with E-state index < -0.39 is 24.1 Å². The number of urea groups is 1. The van der Waals surface area contributed by atoms with E-state index in [4.69, 9.17) is 28.3 Å². The van der Waals surface area contributed by atoms with Crippen LogP contribution < -0.4 is 5.32 Å². The van der Waals surface area contributed by atoms with Crippen LogP contribution in [-0.2, 0) is 4.79 Å². The minimum Gasteiger partial charge on any atom is -0.480 e. The second-order valence-corrected chi connectivity index (χ2v) is 5.21. The highest BCUT2D eigenvalue weighted by molar-refractivity contribution is 6.43. The van der Waals surface area contributed by atoms with Crippen LogP contribution in [0.15, 0.2) is 18.2 Å². The van der Waals surface area contributed by atoms with E-state index in [1.807, 2.05) is 0 Å². The molecule has 0 aliphatic carbocycles. The summed E-state index contributed by atoms with van der Waals surface area (Å²) < 4.78 is 0. The van der Waals surface area contributed by atoms with Crippen molar-refractivity contribution in [3.05, 3.63) is 28.2 Å². The van der Waals surface area contributed by atoms with E-state index in [0.29, 0.717) is 0 Å². The van der Waals surface area contributed by atoms with Crippen LogP contribution in [0.4, 0.5) is 10.5 Å². The highest BCUT2D eigenvalue weighted by Gasteiger charge is 2.39. The molecule has 2 amide bonds. The van der Waals surface area contributed by atoms with Crippen molar-refractivity contribution < 1.29 is 19.8 Å². The summed E-state index contributed by atoms with van der Waals surface area (Å²) in [5, 5.41) is 21.5. The summed E-state index contributed by atoms with van der Waals surface area (Å²) in [4.78, 5) is 24.2. The fraction of sp³-hybridized carbons (Fsp3) is 0.333. The Morgan fingerprint density at radius 1 is 1.35 bits per heavy atom.